The van der Waals surface area contributed by atoms with Crippen LogP contribution in [0.4, 0.5) is 4.39 Å². The molecule has 1 aliphatic heterocycles. The van der Waals surface area contributed by atoms with Crippen LogP contribution in [0.15, 0.2) is 24.5 Å². The average molecular weight is 252 g/mol. The molecule has 1 saturated heterocycles. The van der Waals surface area contributed by atoms with Crippen LogP contribution in [0.5, 0.6) is 0 Å². The lowest BCUT2D eigenvalue weighted by Gasteiger charge is -2.33. The van der Waals surface area contributed by atoms with E-state index in [1.165, 1.54) is 11.1 Å². The number of carboxylic acid groups (broad SMARTS) is 1. The van der Waals surface area contributed by atoms with Crippen molar-refractivity contribution in [3.63, 3.8) is 0 Å². The molecular formula is C12H13FN2O3. The summed E-state index contributed by atoms with van der Waals surface area (Å²) in [6.45, 7) is 0.215. The van der Waals surface area contributed by atoms with Crippen LogP contribution in [0, 0.1) is 0 Å². The van der Waals surface area contributed by atoms with Gasteiger partial charge in [-0.25, -0.2) is 9.18 Å². The van der Waals surface area contributed by atoms with Gasteiger partial charge in [0.25, 0.3) is 5.91 Å². The summed E-state index contributed by atoms with van der Waals surface area (Å²) in [5, 5.41) is 8.75. The minimum absolute atomic E-state index is 0.108. The van der Waals surface area contributed by atoms with Crippen molar-refractivity contribution in [2.24, 2.45) is 0 Å². The molecule has 2 heterocycles. The van der Waals surface area contributed by atoms with Gasteiger partial charge in [-0.2, -0.15) is 0 Å². The highest BCUT2D eigenvalue weighted by Gasteiger charge is 2.42. The van der Waals surface area contributed by atoms with E-state index in [1.807, 2.05) is 0 Å². The molecule has 18 heavy (non-hydrogen) atoms. The van der Waals surface area contributed by atoms with Crippen molar-refractivity contribution in [3.8, 4) is 0 Å². The second kappa shape index (κ2) is 4.72. The molecular weight excluding hydrogens is 239 g/mol. The number of hydrogen-bond donors (Lipinski definition) is 1. The monoisotopic (exact) mass is 252 g/mol. The van der Waals surface area contributed by atoms with Crippen LogP contribution in [0.1, 0.15) is 23.2 Å². The van der Waals surface area contributed by atoms with Crippen LogP contribution < -0.4 is 0 Å². The highest BCUT2D eigenvalue weighted by atomic mass is 19.1. The number of rotatable bonds is 2. The quantitative estimate of drug-likeness (QED) is 0.856. The number of carbonyl (C=O) groups is 2. The largest absolute Gasteiger partial charge is 0.479 e. The van der Waals surface area contributed by atoms with E-state index in [2.05, 4.69) is 4.98 Å². The van der Waals surface area contributed by atoms with Crippen molar-refractivity contribution in [2.45, 2.75) is 18.5 Å². The average Bonchev–Trinajstić information content (AvgIpc) is 2.40. The van der Waals surface area contributed by atoms with Gasteiger partial charge in [-0.1, -0.05) is 0 Å². The normalized spacial score (nSPS) is 18.4. The summed E-state index contributed by atoms with van der Waals surface area (Å²) < 4.78 is 13.8. The molecule has 0 radical (unpaired) electrons. The van der Waals surface area contributed by atoms with Crippen LogP contribution in [-0.4, -0.2) is 45.6 Å². The fraction of sp³-hybridized carbons (Fsp3) is 0.417. The van der Waals surface area contributed by atoms with E-state index in [4.69, 9.17) is 5.11 Å². The fourth-order valence-corrected chi connectivity index (χ4v) is 1.95. The standard InChI is InChI=1S/C12H13FN2O3/c13-12(11(17)18)3-6-15(7-4-12)10(16)9-2-1-5-14-8-9/h1-2,5,8H,3-4,6-7H2,(H,17,18). The fourth-order valence-electron chi connectivity index (χ4n) is 1.95. The number of halogens is 1. The third-order valence-electron chi connectivity index (χ3n) is 3.13. The van der Waals surface area contributed by atoms with E-state index in [9.17, 15) is 14.0 Å². The first-order valence-corrected chi connectivity index (χ1v) is 5.64. The molecule has 0 aromatic carbocycles. The Kier molecular flexibility index (Phi) is 3.27. The Balaban J connectivity index is 2.03. The van der Waals surface area contributed by atoms with Gasteiger partial charge in [-0.3, -0.25) is 9.78 Å². The molecule has 0 bridgehead atoms. The molecule has 0 aliphatic carbocycles. The third kappa shape index (κ3) is 2.32. The lowest BCUT2D eigenvalue weighted by molar-refractivity contribution is -0.153. The molecule has 0 saturated carbocycles. The molecule has 1 aromatic rings. The van der Waals surface area contributed by atoms with Crippen LogP contribution in [0.3, 0.4) is 0 Å². The van der Waals surface area contributed by atoms with Gasteiger partial charge in [0, 0.05) is 38.3 Å². The molecule has 5 nitrogen and oxygen atoms in total. The number of pyridine rings is 1. The molecule has 0 unspecified atom stereocenters. The van der Waals surface area contributed by atoms with E-state index < -0.39 is 11.6 Å². The predicted molar refractivity (Wildman–Crippen MR) is 60.8 cm³/mol. The van der Waals surface area contributed by atoms with Crippen molar-refractivity contribution in [3.05, 3.63) is 30.1 Å². The Morgan fingerprint density at radius 2 is 2.06 bits per heavy atom. The minimum Gasteiger partial charge on any atom is -0.479 e. The second-order valence-electron chi connectivity index (χ2n) is 4.30. The first-order valence-electron chi connectivity index (χ1n) is 5.64. The SMILES string of the molecule is O=C(c1cccnc1)N1CCC(F)(C(=O)O)CC1. The molecule has 1 aliphatic rings. The maximum Gasteiger partial charge on any atom is 0.341 e. The molecule has 96 valence electrons. The van der Waals surface area contributed by atoms with Crippen molar-refractivity contribution < 1.29 is 19.1 Å². The number of aliphatic carboxylic acids is 1. The van der Waals surface area contributed by atoms with Gasteiger partial charge in [-0.05, 0) is 12.1 Å². The van der Waals surface area contributed by atoms with Gasteiger partial charge in [-0.15, -0.1) is 0 Å². The number of likely N-dealkylation sites (tertiary alicyclic amines) is 1. The molecule has 6 heteroatoms. The number of hydrogen-bond acceptors (Lipinski definition) is 3. The Morgan fingerprint density at radius 3 is 2.56 bits per heavy atom. The summed E-state index contributed by atoms with van der Waals surface area (Å²) in [4.78, 5) is 28.0. The topological polar surface area (TPSA) is 70.5 Å². The summed E-state index contributed by atoms with van der Waals surface area (Å²) in [7, 11) is 0. The number of alkyl halides is 1. The summed E-state index contributed by atoms with van der Waals surface area (Å²) in [5.74, 6) is -1.69. The van der Waals surface area contributed by atoms with Crippen molar-refractivity contribution in [2.75, 3.05) is 13.1 Å². The van der Waals surface area contributed by atoms with Crippen LogP contribution >= 0.6 is 0 Å². The molecule has 0 spiro atoms. The molecule has 1 N–H and O–H groups in total. The van der Waals surface area contributed by atoms with Crippen LogP contribution in [0.2, 0.25) is 0 Å². The number of nitrogens with zero attached hydrogens (tertiary/aromatic N) is 2. The second-order valence-corrected chi connectivity index (χ2v) is 4.30. The van der Waals surface area contributed by atoms with Gasteiger partial charge >= 0.3 is 5.97 Å². The van der Waals surface area contributed by atoms with Gasteiger partial charge < -0.3 is 10.0 Å². The Morgan fingerprint density at radius 1 is 1.39 bits per heavy atom. The smallest absolute Gasteiger partial charge is 0.341 e. The summed E-state index contributed by atoms with van der Waals surface area (Å²) in [5.41, 5.74) is -1.77. The van der Waals surface area contributed by atoms with E-state index in [0.717, 1.165) is 0 Å². The van der Waals surface area contributed by atoms with Crippen molar-refractivity contribution >= 4 is 11.9 Å². The van der Waals surface area contributed by atoms with E-state index >= 15 is 0 Å². The van der Waals surface area contributed by atoms with E-state index in [1.54, 1.807) is 18.3 Å². The highest BCUT2D eigenvalue weighted by Crippen LogP contribution is 2.27. The Bertz CT molecular complexity index is 456. The zero-order valence-electron chi connectivity index (χ0n) is 9.67. The van der Waals surface area contributed by atoms with Gasteiger partial charge in [0.15, 0.2) is 0 Å². The van der Waals surface area contributed by atoms with Crippen LogP contribution in [-0.2, 0) is 4.79 Å². The first-order chi connectivity index (χ1) is 8.53. The van der Waals surface area contributed by atoms with Crippen LogP contribution in [0.25, 0.3) is 0 Å². The zero-order valence-corrected chi connectivity index (χ0v) is 9.67. The molecule has 1 aromatic heterocycles. The summed E-state index contributed by atoms with van der Waals surface area (Å²) in [6.07, 6.45) is 2.66. The van der Waals surface area contributed by atoms with Gasteiger partial charge in [0.1, 0.15) is 0 Å². The number of amides is 1. The summed E-state index contributed by atoms with van der Waals surface area (Å²) >= 11 is 0. The minimum atomic E-state index is -2.20. The Hall–Kier alpha value is -1.98. The third-order valence-corrected chi connectivity index (χ3v) is 3.13. The molecule has 0 atom stereocenters. The highest BCUT2D eigenvalue weighted by molar-refractivity contribution is 5.94. The predicted octanol–water partition coefficient (Wildman–Crippen LogP) is 1.11. The van der Waals surface area contributed by atoms with Gasteiger partial charge in [0.2, 0.25) is 5.67 Å². The molecule has 1 amide bonds. The zero-order chi connectivity index (χ0) is 13.2. The number of aromatic nitrogens is 1. The number of piperidine rings is 1. The molecule has 2 rings (SSSR count). The first kappa shape index (κ1) is 12.5. The number of carbonyl (C=O) groups excluding carboxylic acids is 1. The van der Waals surface area contributed by atoms with E-state index in [-0.39, 0.29) is 31.8 Å². The molecule has 1 fully saturated rings. The maximum absolute atomic E-state index is 13.8. The van der Waals surface area contributed by atoms with Gasteiger partial charge in [0.05, 0.1) is 5.56 Å². The maximum atomic E-state index is 13.8. The van der Waals surface area contributed by atoms with Crippen molar-refractivity contribution in [1.29, 1.82) is 0 Å². The lowest BCUT2D eigenvalue weighted by atomic mass is 9.93. The lowest BCUT2D eigenvalue weighted by Crippen LogP contribution is -2.48. The number of carboxylic acids is 1. The summed E-state index contributed by atoms with van der Waals surface area (Å²) in [6, 6.07) is 3.28. The Labute approximate surface area is 103 Å². The van der Waals surface area contributed by atoms with Crippen molar-refractivity contribution in [1.82, 2.24) is 9.88 Å². The van der Waals surface area contributed by atoms with E-state index in [0.29, 0.717) is 5.56 Å².